The fourth-order valence-electron chi connectivity index (χ4n) is 1.17. The van der Waals surface area contributed by atoms with E-state index in [-0.39, 0.29) is 5.78 Å². The van der Waals surface area contributed by atoms with E-state index in [9.17, 15) is 4.79 Å². The van der Waals surface area contributed by atoms with Gasteiger partial charge < -0.3 is 0 Å². The molecule has 1 aliphatic rings. The van der Waals surface area contributed by atoms with Crippen molar-refractivity contribution in [3.05, 3.63) is 19.8 Å². The Kier molecular flexibility index (Phi) is 2.77. The summed E-state index contributed by atoms with van der Waals surface area (Å²) < 4.78 is 0.855. The third kappa shape index (κ3) is 2.33. The number of hydrogen-bond acceptors (Lipinski definition) is 2. The van der Waals surface area contributed by atoms with Crippen LogP contribution in [0.3, 0.4) is 0 Å². The van der Waals surface area contributed by atoms with Gasteiger partial charge in [-0.25, -0.2) is 0 Å². The van der Waals surface area contributed by atoms with Gasteiger partial charge in [0.15, 0.2) is 5.78 Å². The van der Waals surface area contributed by atoms with E-state index in [1.807, 2.05) is 0 Å². The highest BCUT2D eigenvalue weighted by atomic mass is 79.9. The molecular weight excluding hydrogens is 272 g/mol. The summed E-state index contributed by atoms with van der Waals surface area (Å²) in [4.78, 5) is 12.4. The van der Waals surface area contributed by atoms with Gasteiger partial charge in [0, 0.05) is 6.42 Å². The molecule has 13 heavy (non-hydrogen) atoms. The van der Waals surface area contributed by atoms with E-state index < -0.39 is 0 Å². The Labute approximate surface area is 94.2 Å². The first-order valence-electron chi connectivity index (χ1n) is 4.15. The summed E-state index contributed by atoms with van der Waals surface area (Å²) in [6.07, 6.45) is 3.13. The molecule has 1 saturated carbocycles. The lowest BCUT2D eigenvalue weighted by Crippen LogP contribution is -1.96. The van der Waals surface area contributed by atoms with Crippen LogP contribution >= 0.6 is 38.9 Å². The molecule has 1 fully saturated rings. The summed E-state index contributed by atoms with van der Waals surface area (Å²) in [7, 11) is 0. The van der Waals surface area contributed by atoms with E-state index >= 15 is 0 Å². The molecule has 0 unspecified atom stereocenters. The van der Waals surface area contributed by atoms with Gasteiger partial charge in [-0.1, -0.05) is 11.6 Å². The molecule has 0 saturated heterocycles. The maximum atomic E-state index is 11.6. The highest BCUT2D eigenvalue weighted by molar-refractivity contribution is 9.11. The van der Waals surface area contributed by atoms with Crippen molar-refractivity contribution in [2.24, 2.45) is 5.92 Å². The average Bonchev–Trinajstić information content (AvgIpc) is 2.81. The minimum atomic E-state index is 0.236. The van der Waals surface area contributed by atoms with Crippen LogP contribution in [0.2, 0.25) is 5.02 Å². The van der Waals surface area contributed by atoms with Crippen molar-refractivity contribution in [1.82, 2.24) is 0 Å². The second-order valence-corrected chi connectivity index (χ2v) is 6.08. The molecule has 0 aromatic carbocycles. The van der Waals surface area contributed by atoms with Crippen molar-refractivity contribution < 1.29 is 4.79 Å². The van der Waals surface area contributed by atoms with Gasteiger partial charge in [0.2, 0.25) is 0 Å². The van der Waals surface area contributed by atoms with Crippen LogP contribution in [-0.2, 0) is 0 Å². The van der Waals surface area contributed by atoms with Crippen LogP contribution in [-0.4, -0.2) is 5.78 Å². The number of rotatable bonds is 3. The highest BCUT2D eigenvalue weighted by Crippen LogP contribution is 2.37. The summed E-state index contributed by atoms with van der Waals surface area (Å²) in [5.74, 6) is 0.882. The van der Waals surface area contributed by atoms with Gasteiger partial charge in [-0.2, -0.15) is 0 Å². The van der Waals surface area contributed by atoms with Crippen molar-refractivity contribution in [1.29, 1.82) is 0 Å². The van der Waals surface area contributed by atoms with Crippen molar-refractivity contribution in [3.63, 3.8) is 0 Å². The van der Waals surface area contributed by atoms with E-state index in [4.69, 9.17) is 11.6 Å². The molecular formula is C9H8BrClOS. The number of thiophene rings is 1. The largest absolute Gasteiger partial charge is 0.293 e. The van der Waals surface area contributed by atoms with Crippen molar-refractivity contribution in [3.8, 4) is 0 Å². The lowest BCUT2D eigenvalue weighted by molar-refractivity contribution is 0.0980. The van der Waals surface area contributed by atoms with E-state index in [1.165, 1.54) is 24.2 Å². The molecule has 1 heterocycles. The molecule has 1 nitrogen and oxygen atoms in total. The summed E-state index contributed by atoms with van der Waals surface area (Å²) in [6.45, 7) is 0. The zero-order valence-electron chi connectivity index (χ0n) is 6.85. The number of Topliss-reactive ketones (excluding diaryl/α,β-unsaturated/α-hetero) is 1. The number of carbonyl (C=O) groups excluding carboxylic acids is 1. The summed E-state index contributed by atoms with van der Waals surface area (Å²) in [6, 6.07) is 1.75. The predicted molar refractivity (Wildman–Crippen MR) is 58.7 cm³/mol. The Morgan fingerprint density at radius 3 is 2.85 bits per heavy atom. The molecule has 0 radical (unpaired) electrons. The molecule has 70 valence electrons. The Morgan fingerprint density at radius 2 is 2.38 bits per heavy atom. The second-order valence-electron chi connectivity index (χ2n) is 3.30. The molecule has 0 amide bonds. The van der Waals surface area contributed by atoms with Crippen molar-refractivity contribution >= 4 is 44.7 Å². The quantitative estimate of drug-likeness (QED) is 0.760. The van der Waals surface area contributed by atoms with Crippen LogP contribution < -0.4 is 0 Å². The van der Waals surface area contributed by atoms with E-state index in [1.54, 1.807) is 6.07 Å². The van der Waals surface area contributed by atoms with Gasteiger partial charge >= 0.3 is 0 Å². The number of halogens is 2. The maximum Gasteiger partial charge on any atom is 0.173 e. The Morgan fingerprint density at radius 1 is 1.69 bits per heavy atom. The van der Waals surface area contributed by atoms with Crippen LogP contribution in [0.25, 0.3) is 0 Å². The zero-order valence-corrected chi connectivity index (χ0v) is 10.0. The summed E-state index contributed by atoms with van der Waals surface area (Å²) in [5.41, 5.74) is 0. The topological polar surface area (TPSA) is 17.1 Å². The van der Waals surface area contributed by atoms with Crippen molar-refractivity contribution in [2.75, 3.05) is 0 Å². The van der Waals surface area contributed by atoms with Gasteiger partial charge in [0.1, 0.15) is 0 Å². The van der Waals surface area contributed by atoms with Crippen LogP contribution in [0.1, 0.15) is 28.9 Å². The lowest BCUT2D eigenvalue weighted by Gasteiger charge is -1.92. The smallest absolute Gasteiger partial charge is 0.173 e. The first-order chi connectivity index (χ1) is 6.16. The van der Waals surface area contributed by atoms with Gasteiger partial charge in [-0.3, -0.25) is 4.79 Å². The summed E-state index contributed by atoms with van der Waals surface area (Å²) >= 11 is 10.6. The molecule has 1 aromatic rings. The van der Waals surface area contributed by atoms with Crippen LogP contribution in [0.15, 0.2) is 9.85 Å². The molecule has 2 rings (SSSR count). The summed E-state index contributed by atoms with van der Waals surface area (Å²) in [5, 5.41) is 0.643. The molecule has 0 aliphatic heterocycles. The second kappa shape index (κ2) is 3.71. The standard InChI is InChI=1S/C9H8BrClOS/c10-9-6(11)4-8(13-9)7(12)3-5-1-2-5/h4-5H,1-3H2. The Bertz CT molecular complexity index is 324. The molecule has 0 bridgehead atoms. The average molecular weight is 280 g/mol. The van der Waals surface area contributed by atoms with E-state index in [2.05, 4.69) is 15.9 Å². The predicted octanol–water partition coefficient (Wildman–Crippen LogP) is 4.15. The monoisotopic (exact) mass is 278 g/mol. The molecule has 1 aromatic heterocycles. The van der Waals surface area contributed by atoms with Crippen LogP contribution in [0, 0.1) is 5.92 Å². The van der Waals surface area contributed by atoms with Gasteiger partial charge in [0.25, 0.3) is 0 Å². The van der Waals surface area contributed by atoms with Crippen molar-refractivity contribution in [2.45, 2.75) is 19.3 Å². The minimum Gasteiger partial charge on any atom is -0.293 e. The fraction of sp³-hybridized carbons (Fsp3) is 0.444. The first-order valence-corrected chi connectivity index (χ1v) is 6.13. The molecule has 4 heteroatoms. The zero-order chi connectivity index (χ0) is 9.42. The third-order valence-corrected chi connectivity index (χ3v) is 4.61. The molecule has 0 spiro atoms. The normalized spacial score (nSPS) is 16.2. The Hall–Kier alpha value is 0.140. The minimum absolute atomic E-state index is 0.236. The highest BCUT2D eigenvalue weighted by Gasteiger charge is 2.25. The van der Waals surface area contributed by atoms with Crippen LogP contribution in [0.4, 0.5) is 0 Å². The SMILES string of the molecule is O=C(CC1CC1)c1cc(Cl)c(Br)s1. The van der Waals surface area contributed by atoms with Gasteiger partial charge in [0.05, 0.1) is 13.7 Å². The number of carbonyl (C=O) groups is 1. The third-order valence-electron chi connectivity index (χ3n) is 2.09. The van der Waals surface area contributed by atoms with E-state index in [0.29, 0.717) is 17.4 Å². The molecule has 0 atom stereocenters. The Balaban J connectivity index is 2.09. The number of ketones is 1. The lowest BCUT2D eigenvalue weighted by atomic mass is 10.2. The van der Waals surface area contributed by atoms with Crippen LogP contribution in [0.5, 0.6) is 0 Å². The van der Waals surface area contributed by atoms with Gasteiger partial charge in [-0.05, 0) is 40.8 Å². The fourth-order valence-corrected chi connectivity index (χ4v) is 2.82. The molecule has 0 N–H and O–H groups in total. The first kappa shape index (κ1) is 9.69. The van der Waals surface area contributed by atoms with Gasteiger partial charge in [-0.15, -0.1) is 11.3 Å². The van der Waals surface area contributed by atoms with E-state index in [0.717, 1.165) is 8.66 Å². The number of hydrogen-bond donors (Lipinski definition) is 0. The molecule has 1 aliphatic carbocycles. The maximum absolute atomic E-state index is 11.6.